The highest BCUT2D eigenvalue weighted by atomic mass is 16.6. The van der Waals surface area contributed by atoms with E-state index in [-0.39, 0.29) is 17.6 Å². The fourth-order valence-electron chi connectivity index (χ4n) is 2.53. The molecule has 20 heavy (non-hydrogen) atoms. The summed E-state index contributed by atoms with van der Waals surface area (Å²) in [5, 5.41) is 0.604. The van der Waals surface area contributed by atoms with E-state index in [1.807, 2.05) is 42.5 Å². The van der Waals surface area contributed by atoms with Crippen LogP contribution in [0.2, 0.25) is 0 Å². The standard InChI is InChI=1S/C17H12O3/c18-15-12-8-4-5-9-14(12)19-10-13(15)17-16(20-17)11-6-2-1-3-7-11/h1-10,16-17H/t16-,17?/m1/s1. The lowest BCUT2D eigenvalue weighted by molar-refractivity contribution is 0.374. The Morgan fingerprint density at radius 1 is 0.850 bits per heavy atom. The molecular weight excluding hydrogens is 252 g/mol. The van der Waals surface area contributed by atoms with Crippen LogP contribution in [0.15, 0.2) is 70.1 Å². The Morgan fingerprint density at radius 3 is 2.45 bits per heavy atom. The highest BCUT2D eigenvalue weighted by Gasteiger charge is 2.43. The van der Waals surface area contributed by atoms with Gasteiger partial charge in [-0.3, -0.25) is 4.79 Å². The summed E-state index contributed by atoms with van der Waals surface area (Å²) in [6, 6.07) is 17.2. The molecule has 0 saturated carbocycles. The van der Waals surface area contributed by atoms with Crippen LogP contribution >= 0.6 is 0 Å². The van der Waals surface area contributed by atoms with Crippen molar-refractivity contribution in [3.05, 3.63) is 82.2 Å². The van der Waals surface area contributed by atoms with Crippen molar-refractivity contribution >= 4 is 11.0 Å². The molecule has 0 amide bonds. The molecule has 3 aromatic rings. The van der Waals surface area contributed by atoms with Crippen molar-refractivity contribution in [2.75, 3.05) is 0 Å². The van der Waals surface area contributed by atoms with Gasteiger partial charge in [-0.15, -0.1) is 0 Å². The molecule has 0 N–H and O–H groups in total. The quantitative estimate of drug-likeness (QED) is 0.664. The van der Waals surface area contributed by atoms with Gasteiger partial charge in [-0.1, -0.05) is 42.5 Å². The second-order valence-corrected chi connectivity index (χ2v) is 4.90. The molecule has 2 heterocycles. The van der Waals surface area contributed by atoms with Crippen LogP contribution in [-0.4, -0.2) is 0 Å². The lowest BCUT2D eigenvalue weighted by atomic mass is 10.0. The first-order valence-electron chi connectivity index (χ1n) is 6.55. The second kappa shape index (κ2) is 4.32. The molecule has 1 aliphatic rings. The van der Waals surface area contributed by atoms with Crippen molar-refractivity contribution in [2.45, 2.75) is 12.2 Å². The molecule has 0 spiro atoms. The molecule has 1 aliphatic heterocycles. The minimum atomic E-state index is -0.196. The molecule has 3 nitrogen and oxygen atoms in total. The maximum Gasteiger partial charge on any atom is 0.198 e. The summed E-state index contributed by atoms with van der Waals surface area (Å²) in [7, 11) is 0. The van der Waals surface area contributed by atoms with Crippen LogP contribution in [0.5, 0.6) is 0 Å². The molecule has 0 radical (unpaired) electrons. The average molecular weight is 264 g/mol. The smallest absolute Gasteiger partial charge is 0.198 e. The van der Waals surface area contributed by atoms with Gasteiger partial charge in [0.2, 0.25) is 0 Å². The summed E-state index contributed by atoms with van der Waals surface area (Å²) in [6.45, 7) is 0. The van der Waals surface area contributed by atoms with E-state index >= 15 is 0 Å². The van der Waals surface area contributed by atoms with E-state index in [1.165, 1.54) is 6.26 Å². The van der Waals surface area contributed by atoms with Crippen molar-refractivity contribution in [1.29, 1.82) is 0 Å². The number of hydrogen-bond acceptors (Lipinski definition) is 3. The largest absolute Gasteiger partial charge is 0.464 e. The van der Waals surface area contributed by atoms with Gasteiger partial charge in [0.05, 0.1) is 10.9 Å². The summed E-state index contributed by atoms with van der Waals surface area (Å²) in [5.74, 6) is 0. The van der Waals surface area contributed by atoms with Crippen molar-refractivity contribution in [2.24, 2.45) is 0 Å². The van der Waals surface area contributed by atoms with Crippen LogP contribution in [0.1, 0.15) is 23.3 Å². The van der Waals surface area contributed by atoms with Gasteiger partial charge in [-0.05, 0) is 17.7 Å². The number of fused-ring (bicyclic) bond motifs is 1. The van der Waals surface area contributed by atoms with Gasteiger partial charge in [0.1, 0.15) is 24.1 Å². The van der Waals surface area contributed by atoms with Gasteiger partial charge in [0.25, 0.3) is 0 Å². The predicted octanol–water partition coefficient (Wildman–Crippen LogP) is 3.61. The van der Waals surface area contributed by atoms with Crippen molar-refractivity contribution in [1.82, 2.24) is 0 Å². The lowest BCUT2D eigenvalue weighted by Crippen LogP contribution is -2.07. The zero-order valence-corrected chi connectivity index (χ0v) is 10.7. The number of para-hydroxylation sites is 1. The molecule has 1 fully saturated rings. The van der Waals surface area contributed by atoms with Gasteiger partial charge in [-0.25, -0.2) is 0 Å². The van der Waals surface area contributed by atoms with E-state index in [0.717, 1.165) is 5.56 Å². The van der Waals surface area contributed by atoms with Crippen molar-refractivity contribution < 1.29 is 9.15 Å². The van der Waals surface area contributed by atoms with E-state index in [0.29, 0.717) is 16.5 Å². The van der Waals surface area contributed by atoms with E-state index in [9.17, 15) is 4.79 Å². The zero-order chi connectivity index (χ0) is 13.5. The lowest BCUT2D eigenvalue weighted by Gasteiger charge is -1.99. The minimum absolute atomic E-state index is 0.00437. The normalized spacial score (nSPS) is 21.0. The minimum Gasteiger partial charge on any atom is -0.464 e. The summed E-state index contributed by atoms with van der Waals surface area (Å²) in [6.07, 6.45) is 1.29. The SMILES string of the molecule is O=c1c(C2O[C@@H]2c2ccccc2)coc2ccccc12. The Hall–Kier alpha value is -2.39. The van der Waals surface area contributed by atoms with Crippen LogP contribution in [-0.2, 0) is 4.74 Å². The third-order valence-electron chi connectivity index (χ3n) is 3.63. The number of ether oxygens (including phenoxy) is 1. The molecule has 2 aromatic carbocycles. The maximum atomic E-state index is 12.4. The van der Waals surface area contributed by atoms with E-state index in [1.54, 1.807) is 12.1 Å². The topological polar surface area (TPSA) is 42.7 Å². The molecule has 1 saturated heterocycles. The highest BCUT2D eigenvalue weighted by molar-refractivity contribution is 5.76. The molecule has 3 heteroatoms. The number of benzene rings is 2. The Labute approximate surface area is 115 Å². The molecular formula is C17H12O3. The van der Waals surface area contributed by atoms with Crippen LogP contribution in [0, 0.1) is 0 Å². The predicted molar refractivity (Wildman–Crippen MR) is 75.5 cm³/mol. The van der Waals surface area contributed by atoms with Crippen LogP contribution in [0.4, 0.5) is 0 Å². The van der Waals surface area contributed by atoms with Crippen molar-refractivity contribution in [3.63, 3.8) is 0 Å². The molecule has 1 aromatic heterocycles. The van der Waals surface area contributed by atoms with Gasteiger partial charge in [0.15, 0.2) is 5.43 Å². The fourth-order valence-corrected chi connectivity index (χ4v) is 2.53. The molecule has 0 bridgehead atoms. The van der Waals surface area contributed by atoms with E-state index < -0.39 is 0 Å². The molecule has 4 rings (SSSR count). The van der Waals surface area contributed by atoms with Gasteiger partial charge < -0.3 is 9.15 Å². The first-order chi connectivity index (χ1) is 9.84. The van der Waals surface area contributed by atoms with Crippen LogP contribution < -0.4 is 5.43 Å². The van der Waals surface area contributed by atoms with Crippen LogP contribution in [0.25, 0.3) is 11.0 Å². The first-order valence-corrected chi connectivity index (χ1v) is 6.55. The molecule has 1 unspecified atom stereocenters. The van der Waals surface area contributed by atoms with E-state index in [2.05, 4.69) is 0 Å². The second-order valence-electron chi connectivity index (χ2n) is 4.90. The maximum absolute atomic E-state index is 12.4. The number of rotatable bonds is 2. The monoisotopic (exact) mass is 264 g/mol. The highest BCUT2D eigenvalue weighted by Crippen LogP contribution is 2.49. The van der Waals surface area contributed by atoms with Gasteiger partial charge >= 0.3 is 0 Å². The van der Waals surface area contributed by atoms with E-state index in [4.69, 9.17) is 9.15 Å². The Morgan fingerprint density at radius 2 is 1.60 bits per heavy atom. The number of epoxide rings is 1. The number of hydrogen-bond donors (Lipinski definition) is 0. The fraction of sp³-hybridized carbons (Fsp3) is 0.118. The zero-order valence-electron chi connectivity index (χ0n) is 10.7. The Kier molecular flexibility index (Phi) is 2.47. The molecule has 98 valence electrons. The molecule has 2 atom stereocenters. The Bertz CT molecular complexity index is 820. The Balaban J connectivity index is 1.75. The summed E-state index contributed by atoms with van der Waals surface area (Å²) in [4.78, 5) is 12.4. The average Bonchev–Trinajstić information content (AvgIpc) is 3.29. The third kappa shape index (κ3) is 1.75. The first kappa shape index (κ1) is 11.4. The van der Waals surface area contributed by atoms with Crippen LogP contribution in [0.3, 0.4) is 0 Å². The van der Waals surface area contributed by atoms with Crippen molar-refractivity contribution in [3.8, 4) is 0 Å². The summed E-state index contributed by atoms with van der Waals surface area (Å²) < 4.78 is 11.2. The third-order valence-corrected chi connectivity index (χ3v) is 3.63. The molecule has 0 aliphatic carbocycles. The van der Waals surface area contributed by atoms with Gasteiger partial charge in [0, 0.05) is 0 Å². The summed E-state index contributed by atoms with van der Waals surface area (Å²) >= 11 is 0. The summed E-state index contributed by atoms with van der Waals surface area (Å²) in [5.41, 5.74) is 2.29. The van der Waals surface area contributed by atoms with Gasteiger partial charge in [-0.2, -0.15) is 0 Å².